The Bertz CT molecular complexity index is 406. The van der Waals surface area contributed by atoms with E-state index in [0.29, 0.717) is 6.42 Å². The van der Waals surface area contributed by atoms with Crippen molar-refractivity contribution in [2.24, 2.45) is 0 Å². The van der Waals surface area contributed by atoms with Gasteiger partial charge in [-0.05, 0) is 18.9 Å². The first-order chi connectivity index (χ1) is 8.57. The topological polar surface area (TPSA) is 51.5 Å². The molecule has 0 amide bonds. The van der Waals surface area contributed by atoms with Gasteiger partial charge in [-0.15, -0.1) is 0 Å². The van der Waals surface area contributed by atoms with Crippen molar-refractivity contribution in [3.8, 4) is 6.07 Å². The molecule has 5 heteroatoms. The van der Waals surface area contributed by atoms with E-state index in [1.807, 2.05) is 37.3 Å². The van der Waals surface area contributed by atoms with E-state index < -0.39 is 13.8 Å². The highest BCUT2D eigenvalue weighted by atomic mass is 28.4. The number of hydrogen-bond acceptors (Lipinski definition) is 4. The number of nitriles is 1. The van der Waals surface area contributed by atoms with E-state index in [0.717, 1.165) is 5.56 Å². The summed E-state index contributed by atoms with van der Waals surface area (Å²) in [6.45, 7) is 1.82. The highest BCUT2D eigenvalue weighted by Gasteiger charge is 2.57. The van der Waals surface area contributed by atoms with E-state index in [9.17, 15) is 5.26 Å². The van der Waals surface area contributed by atoms with Crippen LogP contribution in [0.2, 0.25) is 5.04 Å². The zero-order valence-electron chi connectivity index (χ0n) is 11.3. The molecule has 1 rings (SSSR count). The third-order valence-corrected chi connectivity index (χ3v) is 6.38. The highest BCUT2D eigenvalue weighted by molar-refractivity contribution is 6.65. The third-order valence-electron chi connectivity index (χ3n) is 3.13. The lowest BCUT2D eigenvalue weighted by molar-refractivity contribution is 0.102. The summed E-state index contributed by atoms with van der Waals surface area (Å²) in [5, 5.41) is 8.71. The summed E-state index contributed by atoms with van der Waals surface area (Å²) >= 11 is 0. The number of nitrogens with zero attached hydrogens (tertiary/aromatic N) is 1. The van der Waals surface area contributed by atoms with Gasteiger partial charge in [0.1, 0.15) is 5.04 Å². The fourth-order valence-corrected chi connectivity index (χ4v) is 4.56. The molecule has 18 heavy (non-hydrogen) atoms. The second-order valence-electron chi connectivity index (χ2n) is 4.27. The normalized spacial score (nSPS) is 14.8. The lowest BCUT2D eigenvalue weighted by Crippen LogP contribution is -2.53. The minimum atomic E-state index is -3.01. The van der Waals surface area contributed by atoms with Gasteiger partial charge in [0.2, 0.25) is 0 Å². The predicted octanol–water partition coefficient (Wildman–Crippen LogP) is 2.39. The van der Waals surface area contributed by atoms with Gasteiger partial charge in [-0.3, -0.25) is 0 Å². The standard InChI is InChI=1S/C13H19NO3Si/c1-13(11-14,18(15-2,16-3)17-4)10-12-8-6-5-7-9-12/h5-9H,10H2,1-4H3. The highest BCUT2D eigenvalue weighted by Crippen LogP contribution is 2.41. The molecule has 0 aromatic heterocycles. The predicted molar refractivity (Wildman–Crippen MR) is 70.9 cm³/mol. The van der Waals surface area contributed by atoms with Crippen LogP contribution in [0.3, 0.4) is 0 Å². The van der Waals surface area contributed by atoms with Crippen LogP contribution in [0.15, 0.2) is 30.3 Å². The largest absolute Gasteiger partial charge is 0.521 e. The summed E-state index contributed by atoms with van der Waals surface area (Å²) in [5.74, 6) is 0. The lowest BCUT2D eigenvalue weighted by Gasteiger charge is -2.36. The molecular formula is C13H19NO3Si. The number of benzene rings is 1. The maximum Gasteiger partial charge on any atom is 0.521 e. The van der Waals surface area contributed by atoms with Crippen molar-refractivity contribution in [1.82, 2.24) is 0 Å². The minimum absolute atomic E-state index is 0.534. The van der Waals surface area contributed by atoms with Gasteiger partial charge >= 0.3 is 8.80 Å². The van der Waals surface area contributed by atoms with E-state index in [1.54, 1.807) is 0 Å². The van der Waals surface area contributed by atoms with Crippen molar-refractivity contribution in [2.75, 3.05) is 21.3 Å². The Balaban J connectivity index is 3.09. The van der Waals surface area contributed by atoms with Crippen LogP contribution in [0.1, 0.15) is 12.5 Å². The van der Waals surface area contributed by atoms with Gasteiger partial charge in [0.15, 0.2) is 0 Å². The molecule has 0 aliphatic rings. The fourth-order valence-electron chi connectivity index (χ4n) is 2.15. The zero-order chi connectivity index (χ0) is 13.6. The molecule has 0 heterocycles. The maximum atomic E-state index is 9.52. The smallest absolute Gasteiger partial charge is 0.376 e. The first-order valence-corrected chi connectivity index (χ1v) is 7.40. The first-order valence-electron chi connectivity index (χ1n) is 5.68. The fraction of sp³-hybridized carbons (Fsp3) is 0.462. The quantitative estimate of drug-likeness (QED) is 0.741. The average Bonchev–Trinajstić information content (AvgIpc) is 2.42. The molecule has 0 N–H and O–H groups in total. The van der Waals surface area contributed by atoms with Crippen LogP contribution >= 0.6 is 0 Å². The Morgan fingerprint density at radius 2 is 1.61 bits per heavy atom. The van der Waals surface area contributed by atoms with Gasteiger partial charge in [-0.1, -0.05) is 30.3 Å². The molecular weight excluding hydrogens is 246 g/mol. The van der Waals surface area contributed by atoms with Crippen LogP contribution in [0.4, 0.5) is 0 Å². The minimum Gasteiger partial charge on any atom is -0.376 e. The van der Waals surface area contributed by atoms with E-state index in [4.69, 9.17) is 13.3 Å². The molecule has 1 aromatic carbocycles. The molecule has 0 spiro atoms. The van der Waals surface area contributed by atoms with Gasteiger partial charge in [-0.25, -0.2) is 0 Å². The van der Waals surface area contributed by atoms with Crippen molar-refractivity contribution in [3.05, 3.63) is 35.9 Å². The summed E-state index contributed by atoms with van der Waals surface area (Å²) in [6, 6.07) is 12.1. The average molecular weight is 265 g/mol. The Labute approximate surface area is 109 Å². The summed E-state index contributed by atoms with van der Waals surface area (Å²) in [7, 11) is 1.57. The van der Waals surface area contributed by atoms with Gasteiger partial charge in [-0.2, -0.15) is 5.26 Å². The maximum absolute atomic E-state index is 9.52. The van der Waals surface area contributed by atoms with Gasteiger partial charge < -0.3 is 13.3 Å². The van der Waals surface area contributed by atoms with Gasteiger partial charge in [0, 0.05) is 21.3 Å². The Morgan fingerprint density at radius 1 is 1.11 bits per heavy atom. The number of rotatable bonds is 6. The molecule has 1 atom stereocenters. The van der Waals surface area contributed by atoms with Crippen LogP contribution in [-0.4, -0.2) is 30.1 Å². The van der Waals surface area contributed by atoms with Crippen molar-refractivity contribution >= 4 is 8.80 Å². The Hall–Kier alpha value is -1.19. The molecule has 0 aliphatic heterocycles. The SMILES string of the molecule is CO[Si](OC)(OC)C(C)(C#N)Cc1ccccc1. The molecule has 0 saturated heterocycles. The van der Waals surface area contributed by atoms with Crippen LogP contribution < -0.4 is 0 Å². The molecule has 0 bridgehead atoms. The van der Waals surface area contributed by atoms with Crippen molar-refractivity contribution < 1.29 is 13.3 Å². The molecule has 0 aliphatic carbocycles. The first kappa shape index (κ1) is 14.9. The van der Waals surface area contributed by atoms with E-state index in [-0.39, 0.29) is 0 Å². The van der Waals surface area contributed by atoms with Crippen molar-refractivity contribution in [3.63, 3.8) is 0 Å². The Kier molecular flexibility index (Phi) is 5.05. The second kappa shape index (κ2) is 6.11. The monoisotopic (exact) mass is 265 g/mol. The van der Waals surface area contributed by atoms with Crippen molar-refractivity contribution in [2.45, 2.75) is 18.4 Å². The molecule has 0 radical (unpaired) electrons. The second-order valence-corrected chi connectivity index (χ2v) is 7.72. The van der Waals surface area contributed by atoms with Crippen LogP contribution in [-0.2, 0) is 19.7 Å². The molecule has 1 unspecified atom stereocenters. The molecule has 4 nitrogen and oxygen atoms in total. The van der Waals surface area contributed by atoms with Crippen LogP contribution in [0.25, 0.3) is 0 Å². The van der Waals surface area contributed by atoms with E-state index >= 15 is 0 Å². The lowest BCUT2D eigenvalue weighted by atomic mass is 10.0. The Morgan fingerprint density at radius 3 is 2.00 bits per heavy atom. The summed E-state index contributed by atoms with van der Waals surface area (Å²) in [4.78, 5) is 0. The van der Waals surface area contributed by atoms with E-state index in [1.165, 1.54) is 21.3 Å². The van der Waals surface area contributed by atoms with E-state index in [2.05, 4.69) is 6.07 Å². The molecule has 1 aromatic rings. The molecule has 98 valence electrons. The van der Waals surface area contributed by atoms with Crippen molar-refractivity contribution in [1.29, 1.82) is 5.26 Å². The van der Waals surface area contributed by atoms with Crippen LogP contribution in [0.5, 0.6) is 0 Å². The van der Waals surface area contributed by atoms with Gasteiger partial charge in [0.05, 0.1) is 6.07 Å². The zero-order valence-corrected chi connectivity index (χ0v) is 12.3. The summed E-state index contributed by atoms with van der Waals surface area (Å²) < 4.78 is 16.3. The summed E-state index contributed by atoms with van der Waals surface area (Å²) in [5.41, 5.74) is 1.06. The molecule has 0 saturated carbocycles. The van der Waals surface area contributed by atoms with Gasteiger partial charge in [0.25, 0.3) is 0 Å². The van der Waals surface area contributed by atoms with Crippen LogP contribution in [0, 0.1) is 11.3 Å². The number of hydrogen-bond donors (Lipinski definition) is 0. The third kappa shape index (κ3) is 2.62. The summed E-state index contributed by atoms with van der Waals surface area (Å²) in [6.07, 6.45) is 0.534. The molecule has 0 fully saturated rings.